The van der Waals surface area contributed by atoms with Crippen molar-refractivity contribution in [3.05, 3.63) is 34.6 Å². The maximum absolute atomic E-state index is 10.5. The van der Waals surface area contributed by atoms with E-state index in [2.05, 4.69) is 15.3 Å². The van der Waals surface area contributed by atoms with Crippen LogP contribution in [-0.4, -0.2) is 45.8 Å². The van der Waals surface area contributed by atoms with Gasteiger partial charge in [0.2, 0.25) is 0 Å². The highest BCUT2D eigenvalue weighted by molar-refractivity contribution is 5.85. The molecule has 0 saturated carbocycles. The van der Waals surface area contributed by atoms with Gasteiger partial charge in [-0.15, -0.1) is 12.4 Å². The SMILES string of the molecule is CC(O)CNCCOc1cnc(-c2ccc([N+](=O)[O-])o2)nc1.Cl. The van der Waals surface area contributed by atoms with Crippen molar-refractivity contribution in [2.24, 2.45) is 0 Å². The lowest BCUT2D eigenvalue weighted by Crippen LogP contribution is -2.28. The fourth-order valence-corrected chi connectivity index (χ4v) is 1.62. The molecule has 2 aromatic rings. The summed E-state index contributed by atoms with van der Waals surface area (Å²) in [6.45, 7) is 3.17. The molecule has 0 radical (unpaired) electrons. The molecule has 2 aromatic heterocycles. The van der Waals surface area contributed by atoms with E-state index < -0.39 is 11.0 Å². The molecular weight excluding hydrogens is 328 g/mol. The second-order valence-corrected chi connectivity index (χ2v) is 4.54. The normalized spacial score (nSPS) is 11.6. The van der Waals surface area contributed by atoms with Crippen molar-refractivity contribution in [1.29, 1.82) is 0 Å². The van der Waals surface area contributed by atoms with Crippen molar-refractivity contribution in [2.75, 3.05) is 19.7 Å². The first kappa shape index (κ1) is 18.8. The molecule has 126 valence electrons. The van der Waals surface area contributed by atoms with E-state index in [1.54, 1.807) is 6.92 Å². The van der Waals surface area contributed by atoms with Gasteiger partial charge in [-0.3, -0.25) is 10.1 Å². The summed E-state index contributed by atoms with van der Waals surface area (Å²) < 4.78 is 10.4. The van der Waals surface area contributed by atoms with Crippen LogP contribution in [0.25, 0.3) is 11.6 Å². The van der Waals surface area contributed by atoms with Crippen LogP contribution in [0.1, 0.15) is 6.92 Å². The minimum atomic E-state index is -0.624. The standard InChI is InChI=1S/C13H16N4O5.ClH/c1-9(18)6-14-4-5-21-10-7-15-13(16-8-10)11-2-3-12(22-11)17(19)20;/h2-3,7-9,14,18H,4-6H2,1H3;1H. The molecule has 0 fully saturated rings. The van der Waals surface area contributed by atoms with Gasteiger partial charge in [-0.05, 0) is 13.0 Å². The molecule has 1 atom stereocenters. The predicted octanol–water partition coefficient (Wildman–Crippen LogP) is 1.42. The number of hydrogen-bond donors (Lipinski definition) is 2. The molecule has 0 bridgehead atoms. The molecule has 0 saturated heterocycles. The van der Waals surface area contributed by atoms with Gasteiger partial charge in [0.1, 0.15) is 11.5 Å². The minimum absolute atomic E-state index is 0. The van der Waals surface area contributed by atoms with Crippen LogP contribution in [0.4, 0.5) is 5.88 Å². The van der Waals surface area contributed by atoms with Crippen LogP contribution in [0.5, 0.6) is 5.75 Å². The number of halogens is 1. The number of nitro groups is 1. The first-order chi connectivity index (χ1) is 10.6. The van der Waals surface area contributed by atoms with Crippen LogP contribution in [0, 0.1) is 10.1 Å². The highest BCUT2D eigenvalue weighted by atomic mass is 35.5. The lowest BCUT2D eigenvalue weighted by molar-refractivity contribution is -0.401. The molecule has 23 heavy (non-hydrogen) atoms. The number of rotatable bonds is 8. The second kappa shape index (κ2) is 9.03. The summed E-state index contributed by atoms with van der Waals surface area (Å²) in [6.07, 6.45) is 2.52. The Kier molecular flexibility index (Phi) is 7.39. The average molecular weight is 345 g/mol. The summed E-state index contributed by atoms with van der Waals surface area (Å²) in [6, 6.07) is 2.69. The largest absolute Gasteiger partial charge is 0.489 e. The fourth-order valence-electron chi connectivity index (χ4n) is 1.62. The van der Waals surface area contributed by atoms with E-state index in [1.807, 2.05) is 0 Å². The Morgan fingerprint density at radius 3 is 2.70 bits per heavy atom. The van der Waals surface area contributed by atoms with Gasteiger partial charge in [-0.25, -0.2) is 9.97 Å². The molecular formula is C13H17ClN4O5. The molecule has 0 aliphatic rings. The molecule has 10 heteroatoms. The van der Waals surface area contributed by atoms with Gasteiger partial charge in [-0.1, -0.05) is 0 Å². The number of aliphatic hydroxyl groups is 1. The van der Waals surface area contributed by atoms with Gasteiger partial charge >= 0.3 is 5.88 Å². The molecule has 2 heterocycles. The van der Waals surface area contributed by atoms with Crippen LogP contribution in [0.3, 0.4) is 0 Å². The van der Waals surface area contributed by atoms with E-state index in [1.165, 1.54) is 24.5 Å². The quantitative estimate of drug-likeness (QED) is 0.418. The van der Waals surface area contributed by atoms with E-state index in [4.69, 9.17) is 14.3 Å². The third-order valence-corrected chi connectivity index (χ3v) is 2.61. The summed E-state index contributed by atoms with van der Waals surface area (Å²) in [4.78, 5) is 18.0. The van der Waals surface area contributed by atoms with E-state index >= 15 is 0 Å². The Balaban J connectivity index is 0.00000264. The zero-order chi connectivity index (χ0) is 15.9. The first-order valence-electron chi connectivity index (χ1n) is 6.64. The lowest BCUT2D eigenvalue weighted by atomic mass is 10.4. The minimum Gasteiger partial charge on any atom is -0.489 e. The molecule has 0 amide bonds. The van der Waals surface area contributed by atoms with Gasteiger partial charge in [0.25, 0.3) is 0 Å². The van der Waals surface area contributed by atoms with Gasteiger partial charge in [0.15, 0.2) is 17.3 Å². The molecule has 9 nitrogen and oxygen atoms in total. The van der Waals surface area contributed by atoms with Gasteiger partial charge in [0.05, 0.1) is 24.6 Å². The number of aliphatic hydroxyl groups excluding tert-OH is 1. The predicted molar refractivity (Wildman–Crippen MR) is 83.7 cm³/mol. The van der Waals surface area contributed by atoms with Crippen LogP contribution in [-0.2, 0) is 0 Å². The molecule has 2 N–H and O–H groups in total. The van der Waals surface area contributed by atoms with E-state index in [0.717, 1.165) is 0 Å². The van der Waals surface area contributed by atoms with Crippen molar-refractivity contribution < 1.29 is 19.2 Å². The topological polar surface area (TPSA) is 124 Å². The monoisotopic (exact) mass is 344 g/mol. The molecule has 0 aromatic carbocycles. The maximum atomic E-state index is 10.5. The highest BCUT2D eigenvalue weighted by Gasteiger charge is 2.14. The zero-order valence-corrected chi connectivity index (χ0v) is 13.2. The van der Waals surface area contributed by atoms with Crippen molar-refractivity contribution in [1.82, 2.24) is 15.3 Å². The average Bonchev–Trinajstić information content (AvgIpc) is 2.97. The summed E-state index contributed by atoms with van der Waals surface area (Å²) >= 11 is 0. The Hall–Kier alpha value is -2.23. The highest BCUT2D eigenvalue weighted by Crippen LogP contribution is 2.23. The van der Waals surface area contributed by atoms with Crippen molar-refractivity contribution in [3.63, 3.8) is 0 Å². The van der Waals surface area contributed by atoms with Crippen molar-refractivity contribution >= 4 is 18.3 Å². The third kappa shape index (κ3) is 5.81. The number of ether oxygens (including phenoxy) is 1. The number of furan rings is 1. The molecule has 0 aliphatic carbocycles. The van der Waals surface area contributed by atoms with E-state index in [-0.39, 0.29) is 29.9 Å². The van der Waals surface area contributed by atoms with Crippen LogP contribution < -0.4 is 10.1 Å². The Bertz CT molecular complexity index is 617. The summed E-state index contributed by atoms with van der Waals surface area (Å²) in [5.74, 6) is 0.580. The molecule has 0 spiro atoms. The molecule has 0 aliphatic heterocycles. The Labute approximate surface area is 138 Å². The first-order valence-corrected chi connectivity index (χ1v) is 6.64. The Morgan fingerprint density at radius 2 is 2.13 bits per heavy atom. The van der Waals surface area contributed by atoms with E-state index in [0.29, 0.717) is 25.4 Å². The van der Waals surface area contributed by atoms with Crippen molar-refractivity contribution in [2.45, 2.75) is 13.0 Å². The zero-order valence-electron chi connectivity index (χ0n) is 12.3. The number of aromatic nitrogens is 2. The Morgan fingerprint density at radius 1 is 1.43 bits per heavy atom. The summed E-state index contributed by atoms with van der Waals surface area (Å²) in [5, 5.41) is 22.6. The second-order valence-electron chi connectivity index (χ2n) is 4.54. The number of hydrogen-bond acceptors (Lipinski definition) is 8. The fraction of sp³-hybridized carbons (Fsp3) is 0.385. The van der Waals surface area contributed by atoms with Gasteiger partial charge in [-0.2, -0.15) is 0 Å². The maximum Gasteiger partial charge on any atom is 0.433 e. The van der Waals surface area contributed by atoms with Crippen molar-refractivity contribution in [3.8, 4) is 17.3 Å². The van der Waals surface area contributed by atoms with Crippen LogP contribution in [0.2, 0.25) is 0 Å². The van der Waals surface area contributed by atoms with Gasteiger partial charge < -0.3 is 19.6 Å². The smallest absolute Gasteiger partial charge is 0.433 e. The molecule has 2 rings (SSSR count). The third-order valence-electron chi connectivity index (χ3n) is 2.61. The summed E-state index contributed by atoms with van der Waals surface area (Å²) in [5.41, 5.74) is 0. The van der Waals surface area contributed by atoms with Crippen LogP contribution >= 0.6 is 12.4 Å². The van der Waals surface area contributed by atoms with Crippen LogP contribution in [0.15, 0.2) is 28.9 Å². The summed E-state index contributed by atoms with van der Waals surface area (Å²) in [7, 11) is 0. The van der Waals surface area contributed by atoms with E-state index in [9.17, 15) is 10.1 Å². The lowest BCUT2D eigenvalue weighted by Gasteiger charge is -2.08. The number of nitrogens with one attached hydrogen (secondary N) is 1. The van der Waals surface area contributed by atoms with Gasteiger partial charge in [0, 0.05) is 13.1 Å². The molecule has 1 unspecified atom stereocenters. The number of nitrogens with zero attached hydrogens (tertiary/aromatic N) is 3.